The molecule has 1 aromatic heterocycles. The molecular weight excluding hydrogens is 238 g/mol. The Kier molecular flexibility index (Phi) is 5.86. The molecule has 0 atom stereocenters. The Bertz CT molecular complexity index is 398. The molecular formula is C11H17N3O4. The standard InChI is InChI=1S/C11H17N3O4/c1-2-3-6-17-7-8-18-11-9(14(15)16)4-5-10(12)13-11/h4-5H,2-3,6-8H2,1H3,(H2,12,13). The van der Waals surface area contributed by atoms with E-state index in [1.165, 1.54) is 12.1 Å². The minimum Gasteiger partial charge on any atom is -0.470 e. The summed E-state index contributed by atoms with van der Waals surface area (Å²) in [5, 5.41) is 10.7. The van der Waals surface area contributed by atoms with Gasteiger partial charge in [0.1, 0.15) is 12.4 Å². The van der Waals surface area contributed by atoms with E-state index in [0.29, 0.717) is 13.2 Å². The van der Waals surface area contributed by atoms with Crippen LogP contribution < -0.4 is 10.5 Å². The molecule has 2 N–H and O–H groups in total. The van der Waals surface area contributed by atoms with Crippen LogP contribution in [0.15, 0.2) is 12.1 Å². The summed E-state index contributed by atoms with van der Waals surface area (Å²) in [5.74, 6) is 0.113. The monoisotopic (exact) mass is 255 g/mol. The molecule has 7 nitrogen and oxygen atoms in total. The van der Waals surface area contributed by atoms with E-state index in [1.807, 2.05) is 0 Å². The van der Waals surface area contributed by atoms with Gasteiger partial charge in [-0.25, -0.2) is 0 Å². The number of nitrogen functional groups attached to an aromatic ring is 1. The largest absolute Gasteiger partial charge is 0.470 e. The average molecular weight is 255 g/mol. The summed E-state index contributed by atoms with van der Waals surface area (Å²) in [4.78, 5) is 14.0. The predicted molar refractivity (Wildman–Crippen MR) is 66.5 cm³/mol. The summed E-state index contributed by atoms with van der Waals surface area (Å²) >= 11 is 0. The van der Waals surface area contributed by atoms with Crippen molar-refractivity contribution >= 4 is 11.5 Å². The second kappa shape index (κ2) is 7.44. The second-order valence-electron chi connectivity index (χ2n) is 3.63. The normalized spacial score (nSPS) is 10.3. The Morgan fingerprint density at radius 1 is 1.39 bits per heavy atom. The first-order valence-electron chi connectivity index (χ1n) is 5.76. The van der Waals surface area contributed by atoms with Crippen molar-refractivity contribution in [1.82, 2.24) is 4.98 Å². The maximum atomic E-state index is 10.7. The number of unbranched alkanes of at least 4 members (excludes halogenated alkanes) is 1. The van der Waals surface area contributed by atoms with Crippen molar-refractivity contribution in [3.8, 4) is 5.88 Å². The third-order valence-corrected chi connectivity index (χ3v) is 2.17. The maximum absolute atomic E-state index is 10.7. The van der Waals surface area contributed by atoms with Crippen molar-refractivity contribution in [3.05, 3.63) is 22.2 Å². The number of aromatic nitrogens is 1. The number of ether oxygens (including phenoxy) is 2. The first kappa shape index (κ1) is 14.2. The van der Waals surface area contributed by atoms with Crippen LogP contribution in [0.3, 0.4) is 0 Å². The van der Waals surface area contributed by atoms with E-state index >= 15 is 0 Å². The molecule has 0 aliphatic carbocycles. The third kappa shape index (κ3) is 4.54. The molecule has 0 saturated carbocycles. The van der Waals surface area contributed by atoms with Gasteiger partial charge >= 0.3 is 5.69 Å². The van der Waals surface area contributed by atoms with E-state index in [4.69, 9.17) is 15.2 Å². The highest BCUT2D eigenvalue weighted by atomic mass is 16.6. The first-order chi connectivity index (χ1) is 8.65. The van der Waals surface area contributed by atoms with Crippen LogP contribution >= 0.6 is 0 Å². The maximum Gasteiger partial charge on any atom is 0.331 e. The molecule has 0 unspecified atom stereocenters. The number of anilines is 1. The van der Waals surface area contributed by atoms with E-state index < -0.39 is 4.92 Å². The third-order valence-electron chi connectivity index (χ3n) is 2.17. The predicted octanol–water partition coefficient (Wildman–Crippen LogP) is 1.77. The highest BCUT2D eigenvalue weighted by Gasteiger charge is 2.16. The average Bonchev–Trinajstić information content (AvgIpc) is 2.33. The molecule has 0 saturated heterocycles. The smallest absolute Gasteiger partial charge is 0.331 e. The fourth-order valence-corrected chi connectivity index (χ4v) is 1.24. The lowest BCUT2D eigenvalue weighted by Gasteiger charge is -2.06. The van der Waals surface area contributed by atoms with Crippen molar-refractivity contribution in [1.29, 1.82) is 0 Å². The first-order valence-corrected chi connectivity index (χ1v) is 5.76. The molecule has 100 valence electrons. The number of hydrogen-bond acceptors (Lipinski definition) is 6. The van der Waals surface area contributed by atoms with Crippen LogP contribution in [0.2, 0.25) is 0 Å². The molecule has 7 heteroatoms. The van der Waals surface area contributed by atoms with Crippen LogP contribution in [0.1, 0.15) is 19.8 Å². The topological polar surface area (TPSA) is 101 Å². The fourth-order valence-electron chi connectivity index (χ4n) is 1.24. The second-order valence-corrected chi connectivity index (χ2v) is 3.63. The minimum absolute atomic E-state index is 0.0703. The molecule has 0 aliphatic rings. The Morgan fingerprint density at radius 3 is 2.83 bits per heavy atom. The number of nitrogens with two attached hydrogens (primary N) is 1. The summed E-state index contributed by atoms with van der Waals surface area (Å²) in [6.45, 7) is 3.31. The van der Waals surface area contributed by atoms with Crippen molar-refractivity contribution in [2.24, 2.45) is 0 Å². The van der Waals surface area contributed by atoms with E-state index in [9.17, 15) is 10.1 Å². The van der Waals surface area contributed by atoms with Crippen LogP contribution in [0.5, 0.6) is 5.88 Å². The van der Waals surface area contributed by atoms with Crippen LogP contribution in [0, 0.1) is 10.1 Å². The molecule has 1 aromatic rings. The van der Waals surface area contributed by atoms with Gasteiger partial charge in [0.15, 0.2) is 0 Å². The molecule has 0 bridgehead atoms. The lowest BCUT2D eigenvalue weighted by Crippen LogP contribution is -2.10. The Morgan fingerprint density at radius 2 is 2.17 bits per heavy atom. The van der Waals surface area contributed by atoms with Crippen molar-refractivity contribution in [2.45, 2.75) is 19.8 Å². The van der Waals surface area contributed by atoms with Gasteiger partial charge in [-0.2, -0.15) is 4.98 Å². The van der Waals surface area contributed by atoms with Gasteiger partial charge in [0, 0.05) is 12.7 Å². The summed E-state index contributed by atoms with van der Waals surface area (Å²) in [6.07, 6.45) is 2.04. The van der Waals surface area contributed by atoms with Crippen LogP contribution in [0.4, 0.5) is 11.5 Å². The number of hydrogen-bond donors (Lipinski definition) is 1. The van der Waals surface area contributed by atoms with Crippen molar-refractivity contribution in [2.75, 3.05) is 25.6 Å². The molecule has 1 rings (SSSR count). The number of pyridine rings is 1. The zero-order valence-electron chi connectivity index (χ0n) is 10.3. The lowest BCUT2D eigenvalue weighted by molar-refractivity contribution is -0.386. The molecule has 0 aliphatic heterocycles. The summed E-state index contributed by atoms with van der Waals surface area (Å²) < 4.78 is 10.5. The Labute approximate surface area is 105 Å². The molecule has 0 spiro atoms. The van der Waals surface area contributed by atoms with Gasteiger partial charge in [0.05, 0.1) is 11.5 Å². The van der Waals surface area contributed by atoms with Crippen LogP contribution in [-0.4, -0.2) is 29.7 Å². The lowest BCUT2D eigenvalue weighted by atomic mass is 10.4. The Balaban J connectivity index is 2.45. The SMILES string of the molecule is CCCCOCCOc1nc(N)ccc1[N+](=O)[O-]. The van der Waals surface area contributed by atoms with E-state index in [0.717, 1.165) is 12.8 Å². The molecule has 0 radical (unpaired) electrons. The molecule has 0 aromatic carbocycles. The summed E-state index contributed by atoms with van der Waals surface area (Å²) in [5.41, 5.74) is 5.26. The van der Waals surface area contributed by atoms with E-state index in [1.54, 1.807) is 0 Å². The number of nitrogens with zero attached hydrogens (tertiary/aromatic N) is 2. The van der Waals surface area contributed by atoms with E-state index in [-0.39, 0.29) is 24.0 Å². The van der Waals surface area contributed by atoms with Gasteiger partial charge in [-0.3, -0.25) is 10.1 Å². The van der Waals surface area contributed by atoms with Gasteiger partial charge in [-0.1, -0.05) is 13.3 Å². The van der Waals surface area contributed by atoms with Crippen molar-refractivity contribution in [3.63, 3.8) is 0 Å². The molecule has 1 heterocycles. The van der Waals surface area contributed by atoms with E-state index in [2.05, 4.69) is 11.9 Å². The zero-order chi connectivity index (χ0) is 13.4. The Hall–Kier alpha value is -1.89. The highest BCUT2D eigenvalue weighted by Crippen LogP contribution is 2.24. The van der Waals surface area contributed by atoms with Crippen LogP contribution in [0.25, 0.3) is 0 Å². The minimum atomic E-state index is -0.556. The van der Waals surface area contributed by atoms with Crippen molar-refractivity contribution < 1.29 is 14.4 Å². The van der Waals surface area contributed by atoms with Gasteiger partial charge in [0.2, 0.25) is 0 Å². The molecule has 18 heavy (non-hydrogen) atoms. The zero-order valence-corrected chi connectivity index (χ0v) is 10.3. The molecule has 0 amide bonds. The fraction of sp³-hybridized carbons (Fsp3) is 0.545. The van der Waals surface area contributed by atoms with Gasteiger partial charge in [-0.15, -0.1) is 0 Å². The highest BCUT2D eigenvalue weighted by molar-refractivity contribution is 5.46. The van der Waals surface area contributed by atoms with Gasteiger partial charge in [0.25, 0.3) is 5.88 Å². The summed E-state index contributed by atoms with van der Waals surface area (Å²) in [7, 11) is 0. The van der Waals surface area contributed by atoms with Crippen LogP contribution in [-0.2, 0) is 4.74 Å². The number of rotatable bonds is 8. The quantitative estimate of drug-likeness (QED) is 0.431. The molecule has 0 fully saturated rings. The summed E-state index contributed by atoms with van der Waals surface area (Å²) in [6, 6.07) is 2.64. The van der Waals surface area contributed by atoms with Gasteiger partial charge < -0.3 is 15.2 Å². The number of nitro groups is 1. The van der Waals surface area contributed by atoms with Gasteiger partial charge in [-0.05, 0) is 12.5 Å².